The van der Waals surface area contributed by atoms with Crippen molar-refractivity contribution in [2.75, 3.05) is 0 Å². The Morgan fingerprint density at radius 3 is 2.45 bits per heavy atom. The lowest BCUT2D eigenvalue weighted by atomic mass is 9.94. The van der Waals surface area contributed by atoms with E-state index >= 15 is 0 Å². The number of aliphatic hydroxyl groups is 1. The Labute approximate surface area is 137 Å². The van der Waals surface area contributed by atoms with Gasteiger partial charge in [0.15, 0.2) is 0 Å². The van der Waals surface area contributed by atoms with Crippen LogP contribution in [0, 0.1) is 0 Å². The lowest BCUT2D eigenvalue weighted by Crippen LogP contribution is -2.13. The van der Waals surface area contributed by atoms with Gasteiger partial charge in [-0.15, -0.1) is 11.8 Å². The summed E-state index contributed by atoms with van der Waals surface area (Å²) in [6.45, 7) is 2.25. The van der Waals surface area contributed by atoms with Crippen LogP contribution in [-0.4, -0.2) is 10.4 Å². The monoisotopic (exact) mass is 312 g/mol. The maximum Gasteiger partial charge on any atom is 0.0799 e. The van der Waals surface area contributed by atoms with Crippen LogP contribution in [0.25, 0.3) is 0 Å². The molecule has 1 nitrogen and oxygen atoms in total. The van der Waals surface area contributed by atoms with Gasteiger partial charge in [-0.2, -0.15) is 0 Å². The fourth-order valence-electron chi connectivity index (χ4n) is 3.42. The van der Waals surface area contributed by atoms with Crippen molar-refractivity contribution in [2.24, 2.45) is 0 Å². The number of benzene rings is 2. The summed E-state index contributed by atoms with van der Waals surface area (Å²) in [7, 11) is 0. The third-order valence-electron chi connectivity index (χ3n) is 4.55. The van der Waals surface area contributed by atoms with Gasteiger partial charge in [0.2, 0.25) is 0 Å². The number of thioether (sulfide) groups is 1. The number of aliphatic hydroxyl groups excluding tert-OH is 1. The van der Waals surface area contributed by atoms with E-state index in [9.17, 15) is 5.11 Å². The van der Waals surface area contributed by atoms with E-state index in [-0.39, 0.29) is 6.10 Å². The van der Waals surface area contributed by atoms with Gasteiger partial charge < -0.3 is 5.11 Å². The average Bonchev–Trinajstić information content (AvgIpc) is 2.90. The van der Waals surface area contributed by atoms with Crippen molar-refractivity contribution < 1.29 is 5.11 Å². The summed E-state index contributed by atoms with van der Waals surface area (Å²) >= 11 is 1.98. The first-order chi connectivity index (χ1) is 10.8. The van der Waals surface area contributed by atoms with Crippen LogP contribution in [0.2, 0.25) is 0 Å². The van der Waals surface area contributed by atoms with Crippen LogP contribution in [0.4, 0.5) is 0 Å². The first-order valence-corrected chi connectivity index (χ1v) is 9.16. The summed E-state index contributed by atoms with van der Waals surface area (Å²) in [6, 6.07) is 19.1. The lowest BCUT2D eigenvalue weighted by Gasteiger charge is -2.24. The van der Waals surface area contributed by atoms with Gasteiger partial charge >= 0.3 is 0 Å². The van der Waals surface area contributed by atoms with E-state index in [4.69, 9.17) is 0 Å². The molecule has 2 heteroatoms. The van der Waals surface area contributed by atoms with Crippen LogP contribution in [0.1, 0.15) is 55.8 Å². The van der Waals surface area contributed by atoms with Crippen molar-refractivity contribution in [1.29, 1.82) is 0 Å². The Balaban J connectivity index is 1.83. The minimum Gasteiger partial charge on any atom is -0.388 e. The van der Waals surface area contributed by atoms with Crippen molar-refractivity contribution in [3.8, 4) is 0 Å². The first kappa shape index (κ1) is 15.6. The quantitative estimate of drug-likeness (QED) is 0.705. The molecule has 0 spiro atoms. The molecular formula is C20H24OS. The SMILES string of the molecule is CCCCC(Sc1ccccc1)C1CC(O)c2ccccc21. The number of hydrogen-bond acceptors (Lipinski definition) is 2. The van der Waals surface area contributed by atoms with E-state index in [1.54, 1.807) is 0 Å². The Kier molecular flexibility index (Phi) is 5.22. The fourth-order valence-corrected chi connectivity index (χ4v) is 4.79. The second-order valence-electron chi connectivity index (χ2n) is 6.10. The topological polar surface area (TPSA) is 20.2 Å². The van der Waals surface area contributed by atoms with Crippen LogP contribution < -0.4 is 0 Å². The number of rotatable bonds is 6. The molecule has 3 atom stereocenters. The molecule has 0 bridgehead atoms. The Morgan fingerprint density at radius 2 is 1.73 bits per heavy atom. The third-order valence-corrected chi connectivity index (χ3v) is 5.96. The molecule has 0 saturated carbocycles. The van der Waals surface area contributed by atoms with Crippen LogP contribution in [-0.2, 0) is 0 Å². The third kappa shape index (κ3) is 3.39. The van der Waals surface area contributed by atoms with E-state index in [1.165, 1.54) is 29.7 Å². The van der Waals surface area contributed by atoms with Crippen molar-refractivity contribution in [3.63, 3.8) is 0 Å². The lowest BCUT2D eigenvalue weighted by molar-refractivity contribution is 0.172. The summed E-state index contributed by atoms with van der Waals surface area (Å²) < 4.78 is 0. The molecular weight excluding hydrogens is 288 g/mol. The van der Waals surface area contributed by atoms with Crippen LogP contribution in [0.15, 0.2) is 59.5 Å². The zero-order valence-corrected chi connectivity index (χ0v) is 13.9. The van der Waals surface area contributed by atoms with E-state index in [0.29, 0.717) is 11.2 Å². The van der Waals surface area contributed by atoms with Crippen LogP contribution in [0.3, 0.4) is 0 Å². The average molecular weight is 312 g/mol. The van der Waals surface area contributed by atoms with Crippen molar-refractivity contribution >= 4 is 11.8 Å². The molecule has 0 fully saturated rings. The number of hydrogen-bond donors (Lipinski definition) is 1. The van der Waals surface area contributed by atoms with Crippen molar-refractivity contribution in [2.45, 2.75) is 54.8 Å². The van der Waals surface area contributed by atoms with E-state index < -0.39 is 0 Å². The second-order valence-corrected chi connectivity index (χ2v) is 7.41. The van der Waals surface area contributed by atoms with E-state index in [0.717, 1.165) is 12.0 Å². The molecule has 3 unspecified atom stereocenters. The molecule has 3 rings (SSSR count). The Morgan fingerprint density at radius 1 is 1.05 bits per heavy atom. The van der Waals surface area contributed by atoms with Crippen LogP contribution in [0.5, 0.6) is 0 Å². The van der Waals surface area contributed by atoms with Gasteiger partial charge in [0.05, 0.1) is 6.10 Å². The minimum absolute atomic E-state index is 0.290. The van der Waals surface area contributed by atoms with Crippen molar-refractivity contribution in [1.82, 2.24) is 0 Å². The zero-order valence-electron chi connectivity index (χ0n) is 13.1. The number of fused-ring (bicyclic) bond motifs is 1. The Hall–Kier alpha value is -1.25. The van der Waals surface area contributed by atoms with Gasteiger partial charge in [0.25, 0.3) is 0 Å². The molecule has 0 heterocycles. The van der Waals surface area contributed by atoms with Crippen LogP contribution >= 0.6 is 11.8 Å². The van der Waals surface area contributed by atoms with Crippen molar-refractivity contribution in [3.05, 3.63) is 65.7 Å². The number of unbranched alkanes of at least 4 members (excludes halogenated alkanes) is 1. The highest BCUT2D eigenvalue weighted by Gasteiger charge is 2.34. The Bertz CT molecular complexity index is 596. The molecule has 2 aromatic rings. The summed E-state index contributed by atoms with van der Waals surface area (Å²) in [6.07, 6.45) is 4.26. The predicted molar refractivity (Wildman–Crippen MR) is 94.4 cm³/mol. The van der Waals surface area contributed by atoms with Gasteiger partial charge in [-0.25, -0.2) is 0 Å². The fraction of sp³-hybridized carbons (Fsp3) is 0.400. The van der Waals surface area contributed by atoms with Gasteiger partial charge in [-0.1, -0.05) is 62.2 Å². The second kappa shape index (κ2) is 7.34. The zero-order chi connectivity index (χ0) is 15.4. The standard InChI is InChI=1S/C20H24OS/c1-2-3-13-20(22-15-9-5-4-6-10-15)18-14-19(21)17-12-8-7-11-16(17)18/h4-12,18-21H,2-3,13-14H2,1H3. The molecule has 1 aliphatic rings. The van der Waals surface area contributed by atoms with E-state index in [1.807, 2.05) is 17.8 Å². The molecule has 0 aromatic heterocycles. The highest BCUT2D eigenvalue weighted by molar-refractivity contribution is 8.00. The van der Waals surface area contributed by atoms with Gasteiger partial charge in [0, 0.05) is 10.1 Å². The summed E-state index contributed by atoms with van der Waals surface area (Å²) in [5.74, 6) is 0.461. The van der Waals surface area contributed by atoms with E-state index in [2.05, 4.69) is 55.5 Å². The first-order valence-electron chi connectivity index (χ1n) is 8.28. The largest absolute Gasteiger partial charge is 0.388 e. The van der Waals surface area contributed by atoms with Gasteiger partial charge in [-0.05, 0) is 42.0 Å². The predicted octanol–water partition coefficient (Wildman–Crippen LogP) is 5.56. The normalized spacial score (nSPS) is 21.5. The molecule has 22 heavy (non-hydrogen) atoms. The molecule has 0 radical (unpaired) electrons. The minimum atomic E-state index is -0.290. The smallest absolute Gasteiger partial charge is 0.0799 e. The maximum atomic E-state index is 10.4. The molecule has 0 amide bonds. The molecule has 0 saturated heterocycles. The highest BCUT2D eigenvalue weighted by atomic mass is 32.2. The highest BCUT2D eigenvalue weighted by Crippen LogP contribution is 2.47. The summed E-state index contributed by atoms with van der Waals surface area (Å²) in [5.41, 5.74) is 2.50. The summed E-state index contributed by atoms with van der Waals surface area (Å²) in [5, 5.41) is 10.9. The molecule has 116 valence electrons. The summed E-state index contributed by atoms with van der Waals surface area (Å²) in [4.78, 5) is 1.34. The maximum absolute atomic E-state index is 10.4. The molecule has 1 aliphatic carbocycles. The van der Waals surface area contributed by atoms with Gasteiger partial charge in [0.1, 0.15) is 0 Å². The molecule has 2 aromatic carbocycles. The van der Waals surface area contributed by atoms with Gasteiger partial charge in [-0.3, -0.25) is 0 Å². The molecule has 0 aliphatic heterocycles. The molecule has 1 N–H and O–H groups in total.